The van der Waals surface area contributed by atoms with Crippen LogP contribution in [0.1, 0.15) is 32.1 Å². The van der Waals surface area contributed by atoms with Gasteiger partial charge in [-0.25, -0.2) is 0 Å². The van der Waals surface area contributed by atoms with Gasteiger partial charge in [0.25, 0.3) is 0 Å². The van der Waals surface area contributed by atoms with E-state index in [2.05, 4.69) is 0 Å². The Hall–Kier alpha value is -1.42. The van der Waals surface area contributed by atoms with Crippen molar-refractivity contribution >= 4 is 0 Å². The maximum absolute atomic E-state index is 10.1. The molecule has 0 bridgehead atoms. The minimum Gasteiger partial charge on any atom is -0.493 e. The fourth-order valence-electron chi connectivity index (χ4n) is 2.46. The van der Waals surface area contributed by atoms with Crippen molar-refractivity contribution in [3.8, 4) is 17.2 Å². The first kappa shape index (κ1) is 14.0. The summed E-state index contributed by atoms with van der Waals surface area (Å²) in [5.41, 5.74) is 0. The number of aliphatic hydroxyl groups excluding tert-OH is 1. The maximum Gasteiger partial charge on any atom is 0.164 e. The number of ether oxygens (including phenoxy) is 3. The van der Waals surface area contributed by atoms with Crippen molar-refractivity contribution in [1.82, 2.24) is 0 Å². The lowest BCUT2D eigenvalue weighted by Crippen LogP contribution is -2.30. The summed E-state index contributed by atoms with van der Waals surface area (Å²) >= 11 is 0. The molecule has 4 heteroatoms. The van der Waals surface area contributed by atoms with E-state index in [1.807, 2.05) is 12.1 Å². The lowest BCUT2D eigenvalue weighted by atomic mass is 10.1. The third kappa shape index (κ3) is 3.53. The number of aliphatic hydroxyl groups is 1. The van der Waals surface area contributed by atoms with Crippen LogP contribution in [0.4, 0.5) is 0 Å². The first-order chi connectivity index (χ1) is 9.24. The van der Waals surface area contributed by atoms with Gasteiger partial charge in [-0.1, -0.05) is 12.8 Å². The van der Waals surface area contributed by atoms with E-state index in [4.69, 9.17) is 14.2 Å². The Kier molecular flexibility index (Phi) is 4.91. The van der Waals surface area contributed by atoms with Crippen LogP contribution in [-0.4, -0.2) is 31.5 Å². The molecule has 106 valence electrons. The van der Waals surface area contributed by atoms with E-state index in [1.165, 1.54) is 6.42 Å². The van der Waals surface area contributed by atoms with Crippen LogP contribution >= 0.6 is 0 Å². The zero-order valence-electron chi connectivity index (χ0n) is 11.6. The average Bonchev–Trinajstić information content (AvgIpc) is 2.64. The Morgan fingerprint density at radius 1 is 1.00 bits per heavy atom. The molecule has 2 rings (SSSR count). The summed E-state index contributed by atoms with van der Waals surface area (Å²) in [6.07, 6.45) is 4.56. The third-order valence-electron chi connectivity index (χ3n) is 3.56. The van der Waals surface area contributed by atoms with Gasteiger partial charge in [0.2, 0.25) is 0 Å². The summed E-state index contributed by atoms with van der Waals surface area (Å²) in [4.78, 5) is 0. The van der Waals surface area contributed by atoms with Crippen molar-refractivity contribution in [1.29, 1.82) is 0 Å². The van der Waals surface area contributed by atoms with Crippen molar-refractivity contribution in [2.45, 2.75) is 44.3 Å². The predicted octanol–water partition coefficient (Wildman–Crippen LogP) is 2.78. The first-order valence-corrected chi connectivity index (χ1v) is 6.81. The number of methoxy groups -OCH3 is 2. The summed E-state index contributed by atoms with van der Waals surface area (Å²) in [5, 5.41) is 10.1. The first-order valence-electron chi connectivity index (χ1n) is 6.81. The standard InChI is InChI=1S/C15H22O4/c1-17-14-9-8-11(10-15(14)18-2)19-13-7-5-3-4-6-12(13)16/h8-10,12-13,16H,3-7H2,1-2H3. The van der Waals surface area contributed by atoms with Crippen molar-refractivity contribution in [3.05, 3.63) is 18.2 Å². The Labute approximate surface area is 114 Å². The van der Waals surface area contributed by atoms with E-state index < -0.39 is 0 Å². The molecule has 0 amide bonds. The molecule has 0 aliphatic heterocycles. The summed E-state index contributed by atoms with van der Waals surface area (Å²) in [6, 6.07) is 5.46. The van der Waals surface area contributed by atoms with Gasteiger partial charge in [-0.05, 0) is 31.4 Å². The van der Waals surface area contributed by atoms with Gasteiger partial charge in [0, 0.05) is 6.07 Å². The van der Waals surface area contributed by atoms with E-state index >= 15 is 0 Å². The van der Waals surface area contributed by atoms with Crippen LogP contribution in [0.25, 0.3) is 0 Å². The Morgan fingerprint density at radius 2 is 1.74 bits per heavy atom. The highest BCUT2D eigenvalue weighted by Crippen LogP contribution is 2.32. The van der Waals surface area contributed by atoms with Crippen LogP contribution < -0.4 is 14.2 Å². The van der Waals surface area contributed by atoms with Crippen LogP contribution in [0.15, 0.2) is 18.2 Å². The van der Waals surface area contributed by atoms with Crippen molar-refractivity contribution in [2.75, 3.05) is 14.2 Å². The molecule has 1 aromatic carbocycles. The van der Waals surface area contributed by atoms with Gasteiger partial charge >= 0.3 is 0 Å². The third-order valence-corrected chi connectivity index (χ3v) is 3.56. The van der Waals surface area contributed by atoms with Gasteiger partial charge < -0.3 is 19.3 Å². The van der Waals surface area contributed by atoms with Gasteiger partial charge in [0.15, 0.2) is 11.5 Å². The fraction of sp³-hybridized carbons (Fsp3) is 0.600. The van der Waals surface area contributed by atoms with E-state index in [0.29, 0.717) is 17.2 Å². The van der Waals surface area contributed by atoms with Gasteiger partial charge in [0.05, 0.1) is 20.3 Å². The molecule has 2 atom stereocenters. The summed E-state index contributed by atoms with van der Waals surface area (Å²) < 4.78 is 16.3. The van der Waals surface area contributed by atoms with Crippen molar-refractivity contribution < 1.29 is 19.3 Å². The number of rotatable bonds is 4. The molecule has 1 aliphatic rings. The van der Waals surface area contributed by atoms with Gasteiger partial charge in [0.1, 0.15) is 11.9 Å². The minimum atomic E-state index is -0.379. The Balaban J connectivity index is 2.09. The summed E-state index contributed by atoms with van der Waals surface area (Å²) in [7, 11) is 3.20. The lowest BCUT2D eigenvalue weighted by molar-refractivity contribution is 0.0318. The Morgan fingerprint density at radius 3 is 2.47 bits per heavy atom. The number of hydrogen-bond donors (Lipinski definition) is 1. The average molecular weight is 266 g/mol. The van der Waals surface area contributed by atoms with E-state index in [-0.39, 0.29) is 12.2 Å². The quantitative estimate of drug-likeness (QED) is 0.851. The fourth-order valence-corrected chi connectivity index (χ4v) is 2.46. The second-order valence-electron chi connectivity index (χ2n) is 4.88. The van der Waals surface area contributed by atoms with Gasteiger partial charge in [-0.3, -0.25) is 0 Å². The minimum absolute atomic E-state index is 0.124. The molecule has 4 nitrogen and oxygen atoms in total. The van der Waals surface area contributed by atoms with Crippen molar-refractivity contribution in [3.63, 3.8) is 0 Å². The zero-order chi connectivity index (χ0) is 13.7. The van der Waals surface area contributed by atoms with E-state index in [0.717, 1.165) is 25.7 Å². The SMILES string of the molecule is COc1ccc(OC2CCCCCC2O)cc1OC. The molecular formula is C15H22O4. The molecular weight excluding hydrogens is 244 g/mol. The topological polar surface area (TPSA) is 47.9 Å². The second-order valence-corrected chi connectivity index (χ2v) is 4.88. The monoisotopic (exact) mass is 266 g/mol. The number of hydrogen-bond acceptors (Lipinski definition) is 4. The van der Waals surface area contributed by atoms with Gasteiger partial charge in [-0.2, -0.15) is 0 Å². The van der Waals surface area contributed by atoms with Crippen LogP contribution in [0.5, 0.6) is 17.2 Å². The normalized spacial score (nSPS) is 23.5. The molecule has 2 unspecified atom stereocenters. The zero-order valence-corrected chi connectivity index (χ0v) is 11.6. The van der Waals surface area contributed by atoms with Crippen LogP contribution in [0, 0.1) is 0 Å². The maximum atomic E-state index is 10.1. The highest BCUT2D eigenvalue weighted by atomic mass is 16.5. The molecule has 1 N–H and O–H groups in total. The molecule has 0 spiro atoms. The highest BCUT2D eigenvalue weighted by Gasteiger charge is 2.23. The second kappa shape index (κ2) is 6.66. The smallest absolute Gasteiger partial charge is 0.164 e. The molecule has 0 heterocycles. The highest BCUT2D eigenvalue weighted by molar-refractivity contribution is 5.45. The molecule has 1 aliphatic carbocycles. The predicted molar refractivity (Wildman–Crippen MR) is 73.1 cm³/mol. The summed E-state index contributed by atoms with van der Waals surface area (Å²) in [5.74, 6) is 2.03. The molecule has 0 radical (unpaired) electrons. The molecule has 0 aromatic heterocycles. The lowest BCUT2D eigenvalue weighted by Gasteiger charge is -2.22. The molecule has 19 heavy (non-hydrogen) atoms. The van der Waals surface area contributed by atoms with E-state index in [1.54, 1.807) is 20.3 Å². The molecule has 1 aromatic rings. The largest absolute Gasteiger partial charge is 0.493 e. The van der Waals surface area contributed by atoms with Crippen molar-refractivity contribution in [2.24, 2.45) is 0 Å². The summed E-state index contributed by atoms with van der Waals surface area (Å²) in [6.45, 7) is 0. The van der Waals surface area contributed by atoms with Crippen LogP contribution in [0.3, 0.4) is 0 Å². The van der Waals surface area contributed by atoms with Gasteiger partial charge in [-0.15, -0.1) is 0 Å². The molecule has 1 fully saturated rings. The van der Waals surface area contributed by atoms with E-state index in [9.17, 15) is 5.11 Å². The molecule has 0 saturated heterocycles. The van der Waals surface area contributed by atoms with Crippen LogP contribution in [0.2, 0.25) is 0 Å². The Bertz CT molecular complexity index is 405. The number of benzene rings is 1. The van der Waals surface area contributed by atoms with Crippen LogP contribution in [-0.2, 0) is 0 Å². The molecule has 1 saturated carbocycles.